The van der Waals surface area contributed by atoms with Gasteiger partial charge in [-0.1, -0.05) is 17.7 Å². The van der Waals surface area contributed by atoms with Crippen molar-refractivity contribution in [3.63, 3.8) is 0 Å². The van der Waals surface area contributed by atoms with Gasteiger partial charge in [0.05, 0.1) is 11.2 Å². The zero-order valence-corrected chi connectivity index (χ0v) is 14.7. The highest BCUT2D eigenvalue weighted by Gasteiger charge is 2.32. The van der Waals surface area contributed by atoms with Gasteiger partial charge in [0.2, 0.25) is 10.0 Å². The van der Waals surface area contributed by atoms with Gasteiger partial charge in [0.15, 0.2) is 5.76 Å². The van der Waals surface area contributed by atoms with Gasteiger partial charge in [0.1, 0.15) is 0 Å². The molecule has 1 aliphatic rings. The average Bonchev–Trinajstić information content (AvgIpc) is 3.11. The lowest BCUT2D eigenvalue weighted by molar-refractivity contribution is 0.0666. The van der Waals surface area contributed by atoms with Crippen LogP contribution in [0, 0.1) is 6.92 Å². The number of halogens is 1. The van der Waals surface area contributed by atoms with Crippen LogP contribution in [0.3, 0.4) is 0 Å². The topological polar surface area (TPSA) is 70.8 Å². The van der Waals surface area contributed by atoms with E-state index in [-0.39, 0.29) is 29.7 Å². The van der Waals surface area contributed by atoms with E-state index in [9.17, 15) is 13.2 Å². The summed E-state index contributed by atoms with van der Waals surface area (Å²) in [6.07, 6.45) is 1.44. The second kappa shape index (κ2) is 6.58. The minimum Gasteiger partial charge on any atom is -0.459 e. The Morgan fingerprint density at radius 1 is 1.12 bits per heavy atom. The van der Waals surface area contributed by atoms with Crippen LogP contribution in [0.25, 0.3) is 0 Å². The summed E-state index contributed by atoms with van der Waals surface area (Å²) in [4.78, 5) is 14.0. The van der Waals surface area contributed by atoms with Gasteiger partial charge in [0, 0.05) is 31.2 Å². The fourth-order valence-corrected chi connectivity index (χ4v) is 4.59. The van der Waals surface area contributed by atoms with Crippen molar-refractivity contribution in [3.05, 3.63) is 52.9 Å². The fraction of sp³-hybridized carbons (Fsp3) is 0.312. The summed E-state index contributed by atoms with van der Waals surface area (Å²) in [6.45, 7) is 2.80. The monoisotopic (exact) mass is 368 g/mol. The van der Waals surface area contributed by atoms with E-state index in [1.54, 1.807) is 42.2 Å². The lowest BCUT2D eigenvalue weighted by Gasteiger charge is -2.33. The summed E-state index contributed by atoms with van der Waals surface area (Å²) >= 11 is 6.03. The first-order chi connectivity index (χ1) is 11.4. The van der Waals surface area contributed by atoms with E-state index in [1.807, 2.05) is 0 Å². The molecule has 1 aromatic heterocycles. The molecular weight excluding hydrogens is 352 g/mol. The van der Waals surface area contributed by atoms with Crippen molar-refractivity contribution >= 4 is 27.5 Å². The minimum absolute atomic E-state index is 0.209. The third-order valence-corrected chi connectivity index (χ3v) is 6.55. The maximum absolute atomic E-state index is 12.8. The molecule has 2 heterocycles. The van der Waals surface area contributed by atoms with Gasteiger partial charge in [0.25, 0.3) is 5.91 Å². The third-order valence-electron chi connectivity index (χ3n) is 4.09. The van der Waals surface area contributed by atoms with Gasteiger partial charge < -0.3 is 9.32 Å². The molecule has 0 bridgehead atoms. The van der Waals surface area contributed by atoms with Crippen LogP contribution < -0.4 is 0 Å². The molecule has 6 nitrogen and oxygen atoms in total. The molecule has 2 aromatic rings. The number of furan rings is 1. The Kier molecular flexibility index (Phi) is 4.67. The van der Waals surface area contributed by atoms with Gasteiger partial charge in [-0.05, 0) is 36.8 Å². The molecule has 0 atom stereocenters. The average molecular weight is 369 g/mol. The van der Waals surface area contributed by atoms with Gasteiger partial charge in [-0.3, -0.25) is 4.79 Å². The Hall–Kier alpha value is -1.83. The molecule has 1 saturated heterocycles. The van der Waals surface area contributed by atoms with E-state index in [4.69, 9.17) is 16.0 Å². The van der Waals surface area contributed by atoms with Crippen molar-refractivity contribution in [1.29, 1.82) is 0 Å². The van der Waals surface area contributed by atoms with Crippen LogP contribution in [-0.2, 0) is 10.0 Å². The molecule has 0 spiro atoms. The first kappa shape index (κ1) is 17.0. The second-order valence-corrected chi connectivity index (χ2v) is 7.85. The molecule has 1 aromatic carbocycles. The Balaban J connectivity index is 1.74. The Morgan fingerprint density at radius 3 is 2.46 bits per heavy atom. The summed E-state index contributed by atoms with van der Waals surface area (Å²) in [7, 11) is -3.63. The minimum atomic E-state index is -3.63. The molecule has 1 fully saturated rings. The number of piperazine rings is 1. The lowest BCUT2D eigenvalue weighted by Crippen LogP contribution is -2.50. The molecule has 1 aliphatic heterocycles. The van der Waals surface area contributed by atoms with Crippen molar-refractivity contribution in [2.75, 3.05) is 26.2 Å². The van der Waals surface area contributed by atoms with E-state index in [0.717, 1.165) is 0 Å². The largest absolute Gasteiger partial charge is 0.459 e. The van der Waals surface area contributed by atoms with Gasteiger partial charge >= 0.3 is 0 Å². The number of amides is 1. The molecule has 0 N–H and O–H groups in total. The molecule has 128 valence electrons. The first-order valence-electron chi connectivity index (χ1n) is 7.49. The quantitative estimate of drug-likeness (QED) is 0.834. The molecule has 8 heteroatoms. The highest BCUT2D eigenvalue weighted by atomic mass is 35.5. The summed E-state index contributed by atoms with van der Waals surface area (Å²) in [5.74, 6) is 0.0352. The van der Waals surface area contributed by atoms with Gasteiger partial charge in [-0.15, -0.1) is 0 Å². The van der Waals surface area contributed by atoms with Crippen LogP contribution in [0.1, 0.15) is 16.1 Å². The number of carbonyl (C=O) groups is 1. The molecule has 3 rings (SSSR count). The molecule has 0 unspecified atom stereocenters. The highest BCUT2D eigenvalue weighted by molar-refractivity contribution is 7.89. The van der Waals surface area contributed by atoms with Crippen molar-refractivity contribution in [1.82, 2.24) is 9.21 Å². The summed E-state index contributed by atoms with van der Waals surface area (Å²) < 4.78 is 32.1. The van der Waals surface area contributed by atoms with Crippen molar-refractivity contribution in [2.24, 2.45) is 0 Å². The standard InChI is InChI=1S/C16H17ClN2O4S/c1-12-13(17)4-2-6-15(12)24(21,22)19-9-7-18(8-10-19)16(20)14-5-3-11-23-14/h2-6,11H,7-10H2,1H3. The van der Waals surface area contributed by atoms with E-state index < -0.39 is 10.0 Å². The zero-order chi connectivity index (χ0) is 17.3. The molecular formula is C16H17ClN2O4S. The number of rotatable bonds is 3. The van der Waals surface area contributed by atoms with E-state index in [2.05, 4.69) is 0 Å². The maximum Gasteiger partial charge on any atom is 0.289 e. The normalized spacial score (nSPS) is 16.3. The number of nitrogens with zero attached hydrogens (tertiary/aromatic N) is 2. The highest BCUT2D eigenvalue weighted by Crippen LogP contribution is 2.26. The van der Waals surface area contributed by atoms with E-state index in [0.29, 0.717) is 23.7 Å². The zero-order valence-electron chi connectivity index (χ0n) is 13.1. The molecule has 24 heavy (non-hydrogen) atoms. The fourth-order valence-electron chi connectivity index (χ4n) is 2.69. The van der Waals surface area contributed by atoms with Gasteiger partial charge in [-0.25, -0.2) is 8.42 Å². The molecule has 0 radical (unpaired) electrons. The number of benzene rings is 1. The molecule has 1 amide bonds. The molecule has 0 saturated carbocycles. The number of sulfonamides is 1. The number of carbonyl (C=O) groups excluding carboxylic acids is 1. The van der Waals surface area contributed by atoms with Gasteiger partial charge in [-0.2, -0.15) is 4.31 Å². The van der Waals surface area contributed by atoms with Crippen molar-refractivity contribution < 1.29 is 17.6 Å². The van der Waals surface area contributed by atoms with Crippen LogP contribution in [0.2, 0.25) is 5.02 Å². The smallest absolute Gasteiger partial charge is 0.289 e. The maximum atomic E-state index is 12.8. The predicted molar refractivity (Wildman–Crippen MR) is 89.6 cm³/mol. The van der Waals surface area contributed by atoms with E-state index in [1.165, 1.54) is 10.6 Å². The Labute approximate surface area is 145 Å². The van der Waals surface area contributed by atoms with Crippen LogP contribution in [-0.4, -0.2) is 49.7 Å². The second-order valence-electron chi connectivity index (χ2n) is 5.54. The predicted octanol–water partition coefficient (Wildman–Crippen LogP) is 2.39. The third kappa shape index (κ3) is 3.07. The number of hydrogen-bond donors (Lipinski definition) is 0. The lowest BCUT2D eigenvalue weighted by atomic mass is 10.2. The van der Waals surface area contributed by atoms with Crippen LogP contribution in [0.5, 0.6) is 0 Å². The first-order valence-corrected chi connectivity index (χ1v) is 9.31. The van der Waals surface area contributed by atoms with Crippen LogP contribution in [0.4, 0.5) is 0 Å². The molecule has 0 aliphatic carbocycles. The van der Waals surface area contributed by atoms with Crippen molar-refractivity contribution in [2.45, 2.75) is 11.8 Å². The summed E-state index contributed by atoms with van der Waals surface area (Å²) in [5.41, 5.74) is 0.535. The van der Waals surface area contributed by atoms with Crippen molar-refractivity contribution in [3.8, 4) is 0 Å². The van der Waals surface area contributed by atoms with E-state index >= 15 is 0 Å². The Bertz CT molecular complexity index is 841. The SMILES string of the molecule is Cc1c(Cl)cccc1S(=O)(=O)N1CCN(C(=O)c2ccco2)CC1. The van der Waals surface area contributed by atoms with Crippen LogP contribution >= 0.6 is 11.6 Å². The van der Waals surface area contributed by atoms with Crippen LogP contribution in [0.15, 0.2) is 45.9 Å². The Morgan fingerprint density at radius 2 is 1.83 bits per heavy atom. The number of hydrogen-bond acceptors (Lipinski definition) is 4. The summed E-state index contributed by atoms with van der Waals surface area (Å²) in [5, 5.41) is 0.419. The summed E-state index contributed by atoms with van der Waals surface area (Å²) in [6, 6.07) is 8.09.